The Hall–Kier alpha value is -1.26. The summed E-state index contributed by atoms with van der Waals surface area (Å²) in [6.45, 7) is 1.94. The Morgan fingerprint density at radius 1 is 1.25 bits per heavy atom. The fourth-order valence-electron chi connectivity index (χ4n) is 2.27. The topological polar surface area (TPSA) is 78.5 Å². The van der Waals surface area contributed by atoms with Crippen molar-refractivity contribution >= 4 is 0 Å². The Kier molecular flexibility index (Phi) is 3.31. The van der Waals surface area contributed by atoms with Crippen LogP contribution in [0.2, 0.25) is 0 Å². The summed E-state index contributed by atoms with van der Waals surface area (Å²) in [5.41, 5.74) is 6.79. The Labute approximate surface area is 95.1 Å². The van der Waals surface area contributed by atoms with Crippen molar-refractivity contribution in [1.29, 1.82) is 0 Å². The van der Waals surface area contributed by atoms with Gasteiger partial charge >= 0.3 is 0 Å². The Morgan fingerprint density at radius 3 is 2.62 bits per heavy atom. The zero-order valence-electron chi connectivity index (χ0n) is 9.19. The van der Waals surface area contributed by atoms with Gasteiger partial charge in [-0.15, -0.1) is 0 Å². The van der Waals surface area contributed by atoms with Gasteiger partial charge in [0.1, 0.15) is 11.5 Å². The highest BCUT2D eigenvalue weighted by atomic mass is 16.3. The molecule has 1 aliphatic rings. The van der Waals surface area contributed by atoms with Gasteiger partial charge < -0.3 is 21.3 Å². The molecule has 0 unspecified atom stereocenters. The van der Waals surface area contributed by atoms with Crippen LogP contribution in [0.1, 0.15) is 24.4 Å². The van der Waals surface area contributed by atoms with Gasteiger partial charge in [-0.3, -0.25) is 0 Å². The molecule has 88 valence electrons. The SMILES string of the molecule is N[C@@H](c1cc(O)ccc1O)C1CCNCC1. The Morgan fingerprint density at radius 2 is 1.94 bits per heavy atom. The van der Waals surface area contributed by atoms with Crippen LogP contribution in [-0.2, 0) is 0 Å². The first kappa shape index (κ1) is 11.2. The minimum Gasteiger partial charge on any atom is -0.508 e. The highest BCUT2D eigenvalue weighted by Crippen LogP contribution is 2.33. The third kappa shape index (κ3) is 2.28. The first-order chi connectivity index (χ1) is 7.68. The Balaban J connectivity index is 2.18. The van der Waals surface area contributed by atoms with Crippen molar-refractivity contribution in [3.8, 4) is 11.5 Å². The lowest BCUT2D eigenvalue weighted by atomic mass is 9.86. The highest BCUT2D eigenvalue weighted by molar-refractivity contribution is 5.40. The molecule has 0 aliphatic carbocycles. The number of aromatic hydroxyl groups is 2. The molecular formula is C12H18N2O2. The monoisotopic (exact) mass is 222 g/mol. The first-order valence-corrected chi connectivity index (χ1v) is 5.66. The molecule has 0 amide bonds. The lowest BCUT2D eigenvalue weighted by molar-refractivity contribution is 0.315. The van der Waals surface area contributed by atoms with Crippen molar-refractivity contribution in [2.45, 2.75) is 18.9 Å². The molecule has 0 aromatic heterocycles. The molecule has 16 heavy (non-hydrogen) atoms. The van der Waals surface area contributed by atoms with E-state index in [1.807, 2.05) is 0 Å². The molecule has 0 radical (unpaired) electrons. The summed E-state index contributed by atoms with van der Waals surface area (Å²) in [7, 11) is 0. The zero-order chi connectivity index (χ0) is 11.5. The molecular weight excluding hydrogens is 204 g/mol. The molecule has 2 rings (SSSR count). The summed E-state index contributed by atoms with van der Waals surface area (Å²) in [4.78, 5) is 0. The summed E-state index contributed by atoms with van der Waals surface area (Å²) >= 11 is 0. The third-order valence-electron chi connectivity index (χ3n) is 3.26. The molecule has 1 atom stereocenters. The molecule has 4 nitrogen and oxygen atoms in total. The smallest absolute Gasteiger partial charge is 0.120 e. The van der Waals surface area contributed by atoms with E-state index in [1.54, 1.807) is 6.07 Å². The number of hydrogen-bond acceptors (Lipinski definition) is 4. The number of nitrogens with two attached hydrogens (primary N) is 1. The van der Waals surface area contributed by atoms with Gasteiger partial charge in [0.2, 0.25) is 0 Å². The van der Waals surface area contributed by atoms with Gasteiger partial charge in [0, 0.05) is 11.6 Å². The molecule has 5 N–H and O–H groups in total. The number of piperidine rings is 1. The number of hydrogen-bond donors (Lipinski definition) is 4. The third-order valence-corrected chi connectivity index (χ3v) is 3.26. The maximum atomic E-state index is 9.73. The largest absolute Gasteiger partial charge is 0.508 e. The lowest BCUT2D eigenvalue weighted by Gasteiger charge is -2.28. The van der Waals surface area contributed by atoms with E-state index in [9.17, 15) is 10.2 Å². The normalized spacial score (nSPS) is 19.6. The predicted octanol–water partition coefficient (Wildman–Crippen LogP) is 1.10. The highest BCUT2D eigenvalue weighted by Gasteiger charge is 2.23. The van der Waals surface area contributed by atoms with Crippen LogP contribution in [0, 0.1) is 5.92 Å². The summed E-state index contributed by atoms with van der Waals surface area (Å²) in [6, 6.07) is 4.32. The van der Waals surface area contributed by atoms with Gasteiger partial charge in [-0.05, 0) is 50.0 Å². The van der Waals surface area contributed by atoms with E-state index in [4.69, 9.17) is 5.73 Å². The molecule has 1 saturated heterocycles. The molecule has 1 aromatic rings. The van der Waals surface area contributed by atoms with Gasteiger partial charge in [0.25, 0.3) is 0 Å². The molecule has 1 heterocycles. The molecule has 0 saturated carbocycles. The van der Waals surface area contributed by atoms with Crippen molar-refractivity contribution in [2.75, 3.05) is 13.1 Å². The van der Waals surface area contributed by atoms with E-state index in [-0.39, 0.29) is 17.5 Å². The zero-order valence-corrected chi connectivity index (χ0v) is 9.19. The second kappa shape index (κ2) is 4.72. The van der Waals surface area contributed by atoms with Crippen molar-refractivity contribution in [1.82, 2.24) is 5.32 Å². The van der Waals surface area contributed by atoms with Gasteiger partial charge in [0.05, 0.1) is 0 Å². The van der Waals surface area contributed by atoms with E-state index >= 15 is 0 Å². The van der Waals surface area contributed by atoms with Crippen LogP contribution in [0.5, 0.6) is 11.5 Å². The second-order valence-corrected chi connectivity index (χ2v) is 4.36. The van der Waals surface area contributed by atoms with Crippen molar-refractivity contribution in [3.63, 3.8) is 0 Å². The fraction of sp³-hybridized carbons (Fsp3) is 0.500. The van der Waals surface area contributed by atoms with Crippen molar-refractivity contribution in [3.05, 3.63) is 23.8 Å². The van der Waals surface area contributed by atoms with E-state index in [1.165, 1.54) is 12.1 Å². The Bertz CT molecular complexity index is 362. The van der Waals surface area contributed by atoms with Crippen LogP contribution in [-0.4, -0.2) is 23.3 Å². The quantitative estimate of drug-likeness (QED) is 0.565. The summed E-state index contributed by atoms with van der Waals surface area (Å²) in [5.74, 6) is 0.690. The van der Waals surface area contributed by atoms with Crippen LogP contribution in [0.4, 0.5) is 0 Å². The van der Waals surface area contributed by atoms with Crippen LogP contribution in [0.25, 0.3) is 0 Å². The van der Waals surface area contributed by atoms with Crippen molar-refractivity contribution < 1.29 is 10.2 Å². The van der Waals surface area contributed by atoms with Gasteiger partial charge in [-0.2, -0.15) is 0 Å². The van der Waals surface area contributed by atoms with E-state index < -0.39 is 0 Å². The van der Waals surface area contributed by atoms with Gasteiger partial charge in [-0.1, -0.05) is 0 Å². The summed E-state index contributed by atoms with van der Waals surface area (Å²) in [6.07, 6.45) is 2.02. The number of rotatable bonds is 2. The number of nitrogens with one attached hydrogen (secondary N) is 1. The minimum atomic E-state index is -0.200. The molecule has 0 bridgehead atoms. The van der Waals surface area contributed by atoms with Gasteiger partial charge in [-0.25, -0.2) is 0 Å². The van der Waals surface area contributed by atoms with E-state index in [2.05, 4.69) is 5.32 Å². The predicted molar refractivity (Wildman–Crippen MR) is 62.3 cm³/mol. The van der Waals surface area contributed by atoms with Crippen LogP contribution in [0.3, 0.4) is 0 Å². The number of phenolic OH excluding ortho intramolecular Hbond substituents is 2. The van der Waals surface area contributed by atoms with Crippen LogP contribution < -0.4 is 11.1 Å². The molecule has 1 aromatic carbocycles. The lowest BCUT2D eigenvalue weighted by Crippen LogP contribution is -2.33. The maximum absolute atomic E-state index is 9.73. The van der Waals surface area contributed by atoms with Gasteiger partial charge in [0.15, 0.2) is 0 Å². The summed E-state index contributed by atoms with van der Waals surface area (Å²) < 4.78 is 0. The minimum absolute atomic E-state index is 0.150. The van der Waals surface area contributed by atoms with E-state index in [0.717, 1.165) is 25.9 Å². The number of benzene rings is 1. The standard InChI is InChI=1S/C12H18N2O2/c13-12(8-3-5-14-6-4-8)10-7-9(15)1-2-11(10)16/h1-2,7-8,12,14-16H,3-6,13H2/t12-/m1/s1. The maximum Gasteiger partial charge on any atom is 0.120 e. The average Bonchev–Trinajstić information content (AvgIpc) is 2.32. The molecule has 1 aliphatic heterocycles. The molecule has 1 fully saturated rings. The summed E-state index contributed by atoms with van der Waals surface area (Å²) in [5, 5.41) is 22.4. The average molecular weight is 222 g/mol. The van der Waals surface area contributed by atoms with Crippen LogP contribution in [0.15, 0.2) is 18.2 Å². The fourth-order valence-corrected chi connectivity index (χ4v) is 2.27. The molecule has 4 heteroatoms. The first-order valence-electron chi connectivity index (χ1n) is 5.66. The number of phenols is 2. The second-order valence-electron chi connectivity index (χ2n) is 4.36. The van der Waals surface area contributed by atoms with Crippen LogP contribution >= 0.6 is 0 Å². The van der Waals surface area contributed by atoms with E-state index in [0.29, 0.717) is 11.5 Å². The molecule has 0 spiro atoms. The van der Waals surface area contributed by atoms with Crippen molar-refractivity contribution in [2.24, 2.45) is 11.7 Å².